The predicted octanol–water partition coefficient (Wildman–Crippen LogP) is 1.24. The molecule has 1 amide bonds. The minimum Gasteiger partial charge on any atom is -0.373 e. The standard InChI is InChI=1S/C16H33N3O2/c1-6-7-17-8-9-18-16(20)15(12(2)3)19-10-13(4)21-14(5)11-19/h12-15,17H,6-11H2,1-5H3,(H,18,20). The van der Waals surface area contributed by atoms with Gasteiger partial charge in [0.2, 0.25) is 5.91 Å². The average Bonchev–Trinajstić information content (AvgIpc) is 2.37. The Morgan fingerprint density at radius 1 is 1.19 bits per heavy atom. The van der Waals surface area contributed by atoms with Crippen molar-refractivity contribution in [2.75, 3.05) is 32.7 Å². The third-order valence-corrected chi connectivity index (χ3v) is 3.77. The molecule has 1 heterocycles. The van der Waals surface area contributed by atoms with E-state index in [1.807, 2.05) is 0 Å². The molecule has 0 bridgehead atoms. The van der Waals surface area contributed by atoms with E-state index in [-0.39, 0.29) is 24.2 Å². The van der Waals surface area contributed by atoms with Crippen LogP contribution < -0.4 is 10.6 Å². The fourth-order valence-corrected chi connectivity index (χ4v) is 3.02. The van der Waals surface area contributed by atoms with Gasteiger partial charge in [0.15, 0.2) is 0 Å². The van der Waals surface area contributed by atoms with Crippen LogP contribution in [-0.2, 0) is 9.53 Å². The molecule has 0 aliphatic carbocycles. The van der Waals surface area contributed by atoms with Crippen LogP contribution >= 0.6 is 0 Å². The summed E-state index contributed by atoms with van der Waals surface area (Å²) < 4.78 is 5.77. The lowest BCUT2D eigenvalue weighted by Gasteiger charge is -2.41. The number of hydrogen-bond donors (Lipinski definition) is 2. The third-order valence-electron chi connectivity index (χ3n) is 3.77. The quantitative estimate of drug-likeness (QED) is 0.662. The van der Waals surface area contributed by atoms with Crippen LogP contribution in [-0.4, -0.2) is 61.8 Å². The van der Waals surface area contributed by atoms with Gasteiger partial charge in [-0.25, -0.2) is 0 Å². The Morgan fingerprint density at radius 3 is 2.33 bits per heavy atom. The van der Waals surface area contributed by atoms with Crippen molar-refractivity contribution in [1.82, 2.24) is 15.5 Å². The summed E-state index contributed by atoms with van der Waals surface area (Å²) in [6, 6.07) is -0.0648. The van der Waals surface area contributed by atoms with Gasteiger partial charge in [-0.05, 0) is 32.7 Å². The van der Waals surface area contributed by atoms with Crippen molar-refractivity contribution in [2.24, 2.45) is 5.92 Å². The fourth-order valence-electron chi connectivity index (χ4n) is 3.02. The average molecular weight is 299 g/mol. The molecule has 1 aliphatic heterocycles. The van der Waals surface area contributed by atoms with E-state index in [1.165, 1.54) is 0 Å². The zero-order valence-corrected chi connectivity index (χ0v) is 14.3. The molecule has 1 fully saturated rings. The van der Waals surface area contributed by atoms with Crippen molar-refractivity contribution in [3.8, 4) is 0 Å². The zero-order chi connectivity index (χ0) is 15.8. The molecule has 0 spiro atoms. The van der Waals surface area contributed by atoms with Crippen LogP contribution in [0.25, 0.3) is 0 Å². The van der Waals surface area contributed by atoms with Crippen LogP contribution in [0.15, 0.2) is 0 Å². The molecular formula is C16H33N3O2. The molecule has 3 unspecified atom stereocenters. The number of carbonyl (C=O) groups is 1. The minimum absolute atomic E-state index is 0.0648. The first kappa shape index (κ1) is 18.4. The lowest BCUT2D eigenvalue weighted by molar-refractivity contribution is -0.135. The molecule has 0 aromatic rings. The number of morpholine rings is 1. The summed E-state index contributed by atoms with van der Waals surface area (Å²) in [5, 5.41) is 6.37. The summed E-state index contributed by atoms with van der Waals surface area (Å²) in [6.07, 6.45) is 1.49. The van der Waals surface area contributed by atoms with E-state index in [2.05, 4.69) is 50.2 Å². The monoisotopic (exact) mass is 299 g/mol. The number of rotatable bonds is 8. The van der Waals surface area contributed by atoms with Crippen LogP contribution in [0.4, 0.5) is 0 Å². The van der Waals surface area contributed by atoms with Gasteiger partial charge in [-0.15, -0.1) is 0 Å². The van der Waals surface area contributed by atoms with E-state index < -0.39 is 0 Å². The molecule has 0 aromatic carbocycles. The summed E-state index contributed by atoms with van der Waals surface area (Å²) in [6.45, 7) is 14.7. The molecule has 1 aliphatic rings. The Morgan fingerprint density at radius 2 is 1.81 bits per heavy atom. The lowest BCUT2D eigenvalue weighted by atomic mass is 9.99. The van der Waals surface area contributed by atoms with Crippen molar-refractivity contribution in [3.63, 3.8) is 0 Å². The first-order valence-corrected chi connectivity index (χ1v) is 8.33. The van der Waals surface area contributed by atoms with Gasteiger partial charge < -0.3 is 15.4 Å². The molecule has 5 nitrogen and oxygen atoms in total. The van der Waals surface area contributed by atoms with Gasteiger partial charge in [-0.2, -0.15) is 0 Å². The van der Waals surface area contributed by atoms with Crippen molar-refractivity contribution >= 4 is 5.91 Å². The summed E-state index contributed by atoms with van der Waals surface area (Å²) in [5.41, 5.74) is 0. The smallest absolute Gasteiger partial charge is 0.237 e. The van der Waals surface area contributed by atoms with Crippen molar-refractivity contribution in [1.29, 1.82) is 0 Å². The number of nitrogens with zero attached hydrogens (tertiary/aromatic N) is 1. The number of nitrogens with one attached hydrogen (secondary N) is 2. The van der Waals surface area contributed by atoms with Crippen molar-refractivity contribution in [2.45, 2.75) is 59.3 Å². The number of carbonyl (C=O) groups excluding carboxylic acids is 1. The summed E-state index contributed by atoms with van der Waals surface area (Å²) >= 11 is 0. The van der Waals surface area contributed by atoms with Crippen LogP contribution in [0.3, 0.4) is 0 Å². The van der Waals surface area contributed by atoms with E-state index >= 15 is 0 Å². The Bertz CT molecular complexity index is 300. The molecular weight excluding hydrogens is 266 g/mol. The lowest BCUT2D eigenvalue weighted by Crippen LogP contribution is -2.57. The number of amides is 1. The second-order valence-electron chi connectivity index (χ2n) is 6.44. The van der Waals surface area contributed by atoms with Crippen LogP contribution in [0.5, 0.6) is 0 Å². The van der Waals surface area contributed by atoms with E-state index in [1.54, 1.807) is 0 Å². The summed E-state index contributed by atoms with van der Waals surface area (Å²) in [4.78, 5) is 14.8. The van der Waals surface area contributed by atoms with Gasteiger partial charge >= 0.3 is 0 Å². The predicted molar refractivity (Wildman–Crippen MR) is 86.4 cm³/mol. The van der Waals surface area contributed by atoms with Gasteiger partial charge in [-0.1, -0.05) is 20.8 Å². The first-order valence-electron chi connectivity index (χ1n) is 8.33. The summed E-state index contributed by atoms with van der Waals surface area (Å²) in [5.74, 6) is 0.440. The van der Waals surface area contributed by atoms with E-state index in [4.69, 9.17) is 4.74 Å². The minimum atomic E-state index is -0.0648. The molecule has 5 heteroatoms. The van der Waals surface area contributed by atoms with Crippen LogP contribution in [0, 0.1) is 5.92 Å². The highest BCUT2D eigenvalue weighted by molar-refractivity contribution is 5.82. The summed E-state index contributed by atoms with van der Waals surface area (Å²) in [7, 11) is 0. The second-order valence-corrected chi connectivity index (χ2v) is 6.44. The molecule has 3 atom stereocenters. The van der Waals surface area contributed by atoms with Gasteiger partial charge in [0.25, 0.3) is 0 Å². The first-order chi connectivity index (χ1) is 9.95. The highest BCUT2D eigenvalue weighted by Crippen LogP contribution is 2.18. The van der Waals surface area contributed by atoms with Crippen molar-refractivity contribution in [3.05, 3.63) is 0 Å². The Hall–Kier alpha value is -0.650. The molecule has 1 saturated heterocycles. The van der Waals surface area contributed by atoms with Gasteiger partial charge in [0, 0.05) is 26.2 Å². The number of ether oxygens (including phenoxy) is 1. The highest BCUT2D eigenvalue weighted by atomic mass is 16.5. The fraction of sp³-hybridized carbons (Fsp3) is 0.938. The maximum Gasteiger partial charge on any atom is 0.237 e. The maximum atomic E-state index is 12.5. The Labute approximate surface area is 129 Å². The largest absolute Gasteiger partial charge is 0.373 e. The van der Waals surface area contributed by atoms with Gasteiger partial charge in [-0.3, -0.25) is 9.69 Å². The van der Waals surface area contributed by atoms with Gasteiger partial charge in [0.05, 0.1) is 18.2 Å². The second kappa shape index (κ2) is 9.38. The molecule has 124 valence electrons. The van der Waals surface area contributed by atoms with E-state index in [9.17, 15) is 4.79 Å². The van der Waals surface area contributed by atoms with Crippen LogP contribution in [0.2, 0.25) is 0 Å². The van der Waals surface area contributed by atoms with Crippen LogP contribution in [0.1, 0.15) is 41.0 Å². The topological polar surface area (TPSA) is 53.6 Å². The zero-order valence-electron chi connectivity index (χ0n) is 14.3. The molecule has 1 rings (SSSR count). The SMILES string of the molecule is CCCNCCNC(=O)C(C(C)C)N1CC(C)OC(C)C1. The molecule has 21 heavy (non-hydrogen) atoms. The molecule has 0 radical (unpaired) electrons. The number of hydrogen-bond acceptors (Lipinski definition) is 4. The van der Waals surface area contributed by atoms with E-state index in [0.717, 1.165) is 32.6 Å². The molecule has 0 saturated carbocycles. The molecule has 0 aromatic heterocycles. The third kappa shape index (κ3) is 6.32. The van der Waals surface area contributed by atoms with Crippen molar-refractivity contribution < 1.29 is 9.53 Å². The normalized spacial score (nSPS) is 25.0. The van der Waals surface area contributed by atoms with E-state index in [0.29, 0.717) is 12.5 Å². The Kier molecular flexibility index (Phi) is 8.22. The highest BCUT2D eigenvalue weighted by Gasteiger charge is 2.33. The molecule has 2 N–H and O–H groups in total. The van der Waals surface area contributed by atoms with Gasteiger partial charge in [0.1, 0.15) is 0 Å². The maximum absolute atomic E-state index is 12.5. The Balaban J connectivity index is 2.49.